The molecule has 218 valence electrons. The smallest absolute Gasteiger partial charge is 0.0468 e. The van der Waals surface area contributed by atoms with Gasteiger partial charge in [0, 0.05) is 22.5 Å². The summed E-state index contributed by atoms with van der Waals surface area (Å²) in [4.78, 5) is 2.44. The maximum Gasteiger partial charge on any atom is 0.0468 e. The third-order valence-corrected chi connectivity index (χ3v) is 10.0. The van der Waals surface area contributed by atoms with Gasteiger partial charge in [0.25, 0.3) is 0 Å². The minimum atomic E-state index is -0.0832. The third-order valence-electron chi connectivity index (χ3n) is 10.0. The van der Waals surface area contributed by atoms with Crippen LogP contribution in [0.15, 0.2) is 164 Å². The number of hydrogen-bond acceptors (Lipinski definition) is 1. The van der Waals surface area contributed by atoms with Crippen LogP contribution in [-0.2, 0) is 5.41 Å². The fourth-order valence-corrected chi connectivity index (χ4v) is 7.68. The van der Waals surface area contributed by atoms with Crippen LogP contribution in [-0.4, -0.2) is 0 Å². The van der Waals surface area contributed by atoms with Crippen molar-refractivity contribution in [3.8, 4) is 22.3 Å². The summed E-state index contributed by atoms with van der Waals surface area (Å²) < 4.78 is 0. The molecule has 0 unspecified atom stereocenters. The van der Waals surface area contributed by atoms with Crippen molar-refractivity contribution in [3.05, 3.63) is 175 Å². The summed E-state index contributed by atoms with van der Waals surface area (Å²) in [6, 6.07) is 60.2. The molecule has 0 fully saturated rings. The SMILES string of the molecule is CC1(C)c2ccccc2-c2ccc(N(c3cccc(-c4ccccc4)c3)c3ccc4ccc5c6ccccc6ccc5c4c3)cc21. The van der Waals surface area contributed by atoms with Gasteiger partial charge in [-0.1, -0.05) is 141 Å². The summed E-state index contributed by atoms with van der Waals surface area (Å²) in [5.41, 5.74) is 11.2. The monoisotopic (exact) mass is 587 g/mol. The molecule has 1 aliphatic rings. The van der Waals surface area contributed by atoms with Gasteiger partial charge in [-0.3, -0.25) is 0 Å². The van der Waals surface area contributed by atoms with Crippen LogP contribution in [0.1, 0.15) is 25.0 Å². The fraction of sp³-hybridized carbons (Fsp3) is 0.0667. The number of anilines is 3. The molecule has 0 bridgehead atoms. The predicted molar refractivity (Wildman–Crippen MR) is 197 cm³/mol. The van der Waals surface area contributed by atoms with Crippen LogP contribution in [0.25, 0.3) is 54.6 Å². The molecular formula is C45H33N. The minimum absolute atomic E-state index is 0.0832. The molecule has 0 saturated heterocycles. The summed E-state index contributed by atoms with van der Waals surface area (Å²) in [6.07, 6.45) is 0. The Morgan fingerprint density at radius 2 is 0.978 bits per heavy atom. The lowest BCUT2D eigenvalue weighted by atomic mass is 9.82. The van der Waals surface area contributed by atoms with E-state index in [1.807, 2.05) is 0 Å². The first-order valence-electron chi connectivity index (χ1n) is 16.1. The Labute approximate surface area is 270 Å². The average molecular weight is 588 g/mol. The van der Waals surface area contributed by atoms with Gasteiger partial charge in [-0.25, -0.2) is 0 Å². The number of nitrogens with zero attached hydrogens (tertiary/aromatic N) is 1. The highest BCUT2D eigenvalue weighted by Crippen LogP contribution is 2.51. The van der Waals surface area contributed by atoms with Gasteiger partial charge >= 0.3 is 0 Å². The Bertz CT molecular complexity index is 2450. The van der Waals surface area contributed by atoms with E-state index in [9.17, 15) is 0 Å². The summed E-state index contributed by atoms with van der Waals surface area (Å²) >= 11 is 0. The fourth-order valence-electron chi connectivity index (χ4n) is 7.68. The van der Waals surface area contributed by atoms with Crippen molar-refractivity contribution in [2.45, 2.75) is 19.3 Å². The van der Waals surface area contributed by atoms with Crippen LogP contribution in [0.3, 0.4) is 0 Å². The van der Waals surface area contributed by atoms with E-state index >= 15 is 0 Å². The molecule has 0 saturated carbocycles. The van der Waals surface area contributed by atoms with E-state index in [4.69, 9.17) is 0 Å². The Morgan fingerprint density at radius 3 is 1.85 bits per heavy atom. The molecule has 1 aliphatic carbocycles. The molecule has 0 radical (unpaired) electrons. The van der Waals surface area contributed by atoms with Crippen molar-refractivity contribution >= 4 is 49.4 Å². The van der Waals surface area contributed by atoms with E-state index < -0.39 is 0 Å². The predicted octanol–water partition coefficient (Wildman–Crippen LogP) is 12.6. The molecular weight excluding hydrogens is 555 g/mol. The first-order valence-corrected chi connectivity index (χ1v) is 16.1. The molecule has 1 heteroatoms. The van der Waals surface area contributed by atoms with Gasteiger partial charge in [-0.05, 0) is 102 Å². The standard InChI is InChI=1S/C45H33N/c1-45(2)43-18-9-8-17-40(43)41-26-23-36(29-44(41)45)46(34-15-10-14-33(27-34)30-11-4-3-5-12-30)35-22-19-32-21-24-38-37-16-7-6-13-31(37)20-25-39(38)42(32)28-35/h3-29H,1-2H3. The van der Waals surface area contributed by atoms with Crippen molar-refractivity contribution in [1.82, 2.24) is 0 Å². The molecule has 8 aromatic rings. The van der Waals surface area contributed by atoms with Crippen molar-refractivity contribution in [1.29, 1.82) is 0 Å². The van der Waals surface area contributed by atoms with E-state index in [0.717, 1.165) is 17.1 Å². The molecule has 9 rings (SSSR count). The van der Waals surface area contributed by atoms with Crippen LogP contribution in [0.4, 0.5) is 17.1 Å². The number of rotatable bonds is 4. The summed E-state index contributed by atoms with van der Waals surface area (Å²) in [6.45, 7) is 4.71. The van der Waals surface area contributed by atoms with Crippen LogP contribution < -0.4 is 4.90 Å². The largest absolute Gasteiger partial charge is 0.310 e. The Kier molecular flexibility index (Phi) is 5.92. The van der Waals surface area contributed by atoms with Gasteiger partial charge in [0.2, 0.25) is 0 Å². The second-order valence-electron chi connectivity index (χ2n) is 13.0. The highest BCUT2D eigenvalue weighted by molar-refractivity contribution is 6.17. The first kappa shape index (κ1) is 26.7. The molecule has 8 aromatic carbocycles. The topological polar surface area (TPSA) is 3.24 Å². The molecule has 0 aliphatic heterocycles. The second kappa shape index (κ2) is 10.2. The number of benzene rings is 8. The molecule has 0 atom stereocenters. The Balaban J connectivity index is 1.28. The lowest BCUT2D eigenvalue weighted by molar-refractivity contribution is 0.660. The molecule has 1 nitrogen and oxygen atoms in total. The van der Waals surface area contributed by atoms with E-state index in [1.54, 1.807) is 0 Å². The lowest BCUT2D eigenvalue weighted by Crippen LogP contribution is -2.16. The first-order chi connectivity index (χ1) is 22.6. The zero-order valence-corrected chi connectivity index (χ0v) is 26.0. The maximum atomic E-state index is 2.44. The molecule has 0 spiro atoms. The molecule has 0 N–H and O–H groups in total. The van der Waals surface area contributed by atoms with Crippen molar-refractivity contribution in [2.24, 2.45) is 0 Å². The van der Waals surface area contributed by atoms with E-state index in [1.165, 1.54) is 65.7 Å². The minimum Gasteiger partial charge on any atom is -0.310 e. The molecule has 0 amide bonds. The van der Waals surface area contributed by atoms with Crippen LogP contribution in [0.2, 0.25) is 0 Å². The molecule has 0 aromatic heterocycles. The Hall–Kier alpha value is -5.66. The summed E-state index contributed by atoms with van der Waals surface area (Å²) in [5, 5.41) is 7.64. The maximum absolute atomic E-state index is 2.44. The lowest BCUT2D eigenvalue weighted by Gasteiger charge is -2.29. The summed E-state index contributed by atoms with van der Waals surface area (Å²) in [5.74, 6) is 0. The summed E-state index contributed by atoms with van der Waals surface area (Å²) in [7, 11) is 0. The van der Waals surface area contributed by atoms with Gasteiger partial charge in [-0.2, -0.15) is 0 Å². The zero-order chi connectivity index (χ0) is 30.8. The Morgan fingerprint density at radius 1 is 0.370 bits per heavy atom. The van der Waals surface area contributed by atoms with Crippen molar-refractivity contribution < 1.29 is 0 Å². The van der Waals surface area contributed by atoms with E-state index in [0.29, 0.717) is 0 Å². The van der Waals surface area contributed by atoms with Crippen LogP contribution in [0.5, 0.6) is 0 Å². The van der Waals surface area contributed by atoms with E-state index in [-0.39, 0.29) is 5.41 Å². The van der Waals surface area contributed by atoms with Gasteiger partial charge in [0.15, 0.2) is 0 Å². The van der Waals surface area contributed by atoms with Gasteiger partial charge in [0.05, 0.1) is 0 Å². The molecule has 46 heavy (non-hydrogen) atoms. The zero-order valence-electron chi connectivity index (χ0n) is 26.0. The average Bonchev–Trinajstić information content (AvgIpc) is 3.34. The van der Waals surface area contributed by atoms with Gasteiger partial charge in [0.1, 0.15) is 0 Å². The van der Waals surface area contributed by atoms with E-state index in [2.05, 4.69) is 183 Å². The van der Waals surface area contributed by atoms with Gasteiger partial charge in [-0.15, -0.1) is 0 Å². The van der Waals surface area contributed by atoms with Crippen LogP contribution >= 0.6 is 0 Å². The highest BCUT2D eigenvalue weighted by Gasteiger charge is 2.35. The number of fused-ring (bicyclic) bond motifs is 8. The molecule has 0 heterocycles. The quantitative estimate of drug-likeness (QED) is 0.185. The van der Waals surface area contributed by atoms with Crippen molar-refractivity contribution in [2.75, 3.05) is 4.90 Å². The third kappa shape index (κ3) is 4.09. The van der Waals surface area contributed by atoms with Crippen LogP contribution in [0, 0.1) is 0 Å². The normalized spacial score (nSPS) is 13.2. The van der Waals surface area contributed by atoms with Crippen molar-refractivity contribution in [3.63, 3.8) is 0 Å². The second-order valence-corrected chi connectivity index (χ2v) is 13.0. The highest BCUT2D eigenvalue weighted by atomic mass is 15.1. The van der Waals surface area contributed by atoms with Gasteiger partial charge < -0.3 is 4.90 Å². The number of hydrogen-bond donors (Lipinski definition) is 0.